The highest BCUT2D eigenvalue weighted by molar-refractivity contribution is 6.18. The summed E-state index contributed by atoms with van der Waals surface area (Å²) in [6, 6.07) is 9.31. The van der Waals surface area contributed by atoms with Gasteiger partial charge in [-0.3, -0.25) is 14.9 Å². The van der Waals surface area contributed by atoms with E-state index in [-0.39, 0.29) is 36.5 Å². The average Bonchev–Trinajstić information content (AvgIpc) is 2.76. The van der Waals surface area contributed by atoms with Crippen LogP contribution in [0.5, 0.6) is 17.2 Å². The van der Waals surface area contributed by atoms with Gasteiger partial charge in [0.05, 0.1) is 25.2 Å². The lowest BCUT2D eigenvalue weighted by molar-refractivity contribution is -0.384. The van der Waals surface area contributed by atoms with Gasteiger partial charge >= 0.3 is 0 Å². The number of hydrogen-bond donors (Lipinski definition) is 0. The molecular formula is C21H23ClN2O6. The molecule has 0 radical (unpaired) electrons. The van der Waals surface area contributed by atoms with E-state index >= 15 is 0 Å². The number of fused-ring (bicyclic) bond motifs is 1. The van der Waals surface area contributed by atoms with Gasteiger partial charge in [0.2, 0.25) is 5.91 Å². The highest BCUT2D eigenvalue weighted by Crippen LogP contribution is 2.38. The molecule has 0 bridgehead atoms. The van der Waals surface area contributed by atoms with Crippen molar-refractivity contribution >= 4 is 23.2 Å². The third kappa shape index (κ3) is 4.59. The van der Waals surface area contributed by atoms with Crippen LogP contribution in [-0.4, -0.2) is 49.0 Å². The van der Waals surface area contributed by atoms with E-state index in [1.165, 1.54) is 12.1 Å². The number of benzene rings is 2. The summed E-state index contributed by atoms with van der Waals surface area (Å²) in [5.74, 6) is 1.88. The molecule has 1 aliphatic rings. The number of alkyl halides is 1. The van der Waals surface area contributed by atoms with Crippen molar-refractivity contribution < 1.29 is 23.9 Å². The van der Waals surface area contributed by atoms with Gasteiger partial charge in [-0.25, -0.2) is 0 Å². The Balaban J connectivity index is 1.90. The second-order valence-electron chi connectivity index (χ2n) is 6.76. The predicted octanol–water partition coefficient (Wildman–Crippen LogP) is 3.75. The molecule has 0 aromatic heterocycles. The lowest BCUT2D eigenvalue weighted by Crippen LogP contribution is -2.42. The van der Waals surface area contributed by atoms with Crippen LogP contribution < -0.4 is 14.2 Å². The number of methoxy groups -OCH3 is 2. The number of carbonyl (C=O) groups is 1. The number of rotatable bonds is 8. The maximum atomic E-state index is 12.7. The van der Waals surface area contributed by atoms with Crippen LogP contribution in [0.2, 0.25) is 0 Å². The molecule has 9 heteroatoms. The van der Waals surface area contributed by atoms with E-state index in [0.717, 1.165) is 11.1 Å². The van der Waals surface area contributed by atoms with E-state index in [2.05, 4.69) is 0 Å². The van der Waals surface area contributed by atoms with Gasteiger partial charge < -0.3 is 19.1 Å². The largest absolute Gasteiger partial charge is 0.493 e. The normalized spacial score (nSPS) is 15.3. The van der Waals surface area contributed by atoms with Crippen LogP contribution in [0.3, 0.4) is 0 Å². The summed E-state index contributed by atoms with van der Waals surface area (Å²) in [4.78, 5) is 24.8. The van der Waals surface area contributed by atoms with Crippen LogP contribution in [0.25, 0.3) is 0 Å². The number of nitro groups is 1. The molecule has 8 nitrogen and oxygen atoms in total. The van der Waals surface area contributed by atoms with E-state index in [9.17, 15) is 14.9 Å². The lowest BCUT2D eigenvalue weighted by atomic mass is 9.92. The fraction of sp³-hybridized carbons (Fsp3) is 0.381. The van der Waals surface area contributed by atoms with E-state index in [1.54, 1.807) is 31.3 Å². The van der Waals surface area contributed by atoms with Crippen LogP contribution in [0, 0.1) is 10.1 Å². The molecule has 0 saturated carbocycles. The topological polar surface area (TPSA) is 91.1 Å². The Hall–Kier alpha value is -3.00. The Morgan fingerprint density at radius 3 is 2.47 bits per heavy atom. The molecule has 1 amide bonds. The molecule has 1 heterocycles. The second-order valence-corrected chi connectivity index (χ2v) is 7.14. The summed E-state index contributed by atoms with van der Waals surface area (Å²) in [5, 5.41) is 10.8. The van der Waals surface area contributed by atoms with Crippen LogP contribution >= 0.6 is 11.6 Å². The average molecular weight is 435 g/mol. The Kier molecular flexibility index (Phi) is 6.99. The van der Waals surface area contributed by atoms with E-state index < -0.39 is 4.92 Å². The molecule has 0 saturated heterocycles. The fourth-order valence-electron chi connectivity index (χ4n) is 3.57. The minimum Gasteiger partial charge on any atom is -0.493 e. The summed E-state index contributed by atoms with van der Waals surface area (Å²) in [6.07, 6.45) is 0.913. The maximum absolute atomic E-state index is 12.7. The lowest BCUT2D eigenvalue weighted by Gasteiger charge is -2.37. The number of non-ortho nitro benzene ring substituents is 1. The molecule has 160 valence electrons. The fourth-order valence-corrected chi connectivity index (χ4v) is 3.73. The first-order chi connectivity index (χ1) is 14.5. The monoisotopic (exact) mass is 434 g/mol. The zero-order valence-corrected chi connectivity index (χ0v) is 17.6. The van der Waals surface area contributed by atoms with Crippen molar-refractivity contribution in [3.63, 3.8) is 0 Å². The van der Waals surface area contributed by atoms with E-state index in [0.29, 0.717) is 30.2 Å². The van der Waals surface area contributed by atoms with Crippen LogP contribution in [0.1, 0.15) is 23.6 Å². The van der Waals surface area contributed by atoms with Gasteiger partial charge in [0.15, 0.2) is 11.5 Å². The molecule has 0 spiro atoms. The first-order valence-corrected chi connectivity index (χ1v) is 9.99. The molecule has 3 rings (SSSR count). The molecule has 2 aromatic rings. The Labute approximate surface area is 179 Å². The maximum Gasteiger partial charge on any atom is 0.269 e. The highest BCUT2D eigenvalue weighted by Gasteiger charge is 2.32. The van der Waals surface area contributed by atoms with Crippen molar-refractivity contribution in [2.24, 2.45) is 0 Å². The molecule has 30 heavy (non-hydrogen) atoms. The number of ether oxygens (including phenoxy) is 3. The Morgan fingerprint density at radius 1 is 1.20 bits per heavy atom. The van der Waals surface area contributed by atoms with Crippen molar-refractivity contribution in [3.8, 4) is 17.2 Å². The van der Waals surface area contributed by atoms with Gasteiger partial charge in [-0.2, -0.15) is 0 Å². The number of halogens is 1. The first-order valence-electron chi connectivity index (χ1n) is 9.46. The van der Waals surface area contributed by atoms with Crippen LogP contribution in [-0.2, 0) is 11.2 Å². The van der Waals surface area contributed by atoms with Gasteiger partial charge in [-0.15, -0.1) is 11.6 Å². The van der Waals surface area contributed by atoms with Crippen LogP contribution in [0.4, 0.5) is 5.69 Å². The first kappa shape index (κ1) is 21.7. The summed E-state index contributed by atoms with van der Waals surface area (Å²) >= 11 is 5.79. The molecule has 0 aliphatic carbocycles. The number of amides is 1. The van der Waals surface area contributed by atoms with Gasteiger partial charge in [-0.1, -0.05) is 0 Å². The predicted molar refractivity (Wildman–Crippen MR) is 112 cm³/mol. The van der Waals surface area contributed by atoms with Crippen LogP contribution in [0.15, 0.2) is 36.4 Å². The van der Waals surface area contributed by atoms with Gasteiger partial charge in [-0.05, 0) is 41.8 Å². The highest BCUT2D eigenvalue weighted by atomic mass is 35.5. The molecular weight excluding hydrogens is 412 g/mol. The SMILES string of the molecule is COc1cc2c(cc1OC)C(COc1ccc([N+](=O)[O-])cc1)N(C(=O)CCCl)CC2. The molecule has 1 atom stereocenters. The van der Waals surface area contributed by atoms with Crippen molar-refractivity contribution in [2.45, 2.75) is 18.9 Å². The van der Waals surface area contributed by atoms with Crippen molar-refractivity contribution in [1.29, 1.82) is 0 Å². The molecule has 1 unspecified atom stereocenters. The minimum absolute atomic E-state index is 0.0129. The van der Waals surface area contributed by atoms with Crippen molar-refractivity contribution in [2.75, 3.05) is 33.3 Å². The summed E-state index contributed by atoms with van der Waals surface area (Å²) in [5.41, 5.74) is 1.96. The molecule has 0 fully saturated rings. The second kappa shape index (κ2) is 9.67. The molecule has 2 aromatic carbocycles. The zero-order chi connectivity index (χ0) is 21.7. The quantitative estimate of drug-likeness (QED) is 0.357. The number of nitrogens with zero attached hydrogens (tertiary/aromatic N) is 2. The van der Waals surface area contributed by atoms with E-state index in [4.69, 9.17) is 25.8 Å². The smallest absolute Gasteiger partial charge is 0.269 e. The van der Waals surface area contributed by atoms with Crippen molar-refractivity contribution in [1.82, 2.24) is 4.90 Å². The summed E-state index contributed by atoms with van der Waals surface area (Å²) in [7, 11) is 3.14. The number of carbonyl (C=O) groups excluding carboxylic acids is 1. The molecule has 1 aliphatic heterocycles. The summed E-state index contributed by atoms with van der Waals surface area (Å²) in [6.45, 7) is 0.723. The third-order valence-electron chi connectivity index (χ3n) is 5.09. The Bertz CT molecular complexity index is 918. The minimum atomic E-state index is -0.465. The van der Waals surface area contributed by atoms with Crippen molar-refractivity contribution in [3.05, 3.63) is 57.6 Å². The Morgan fingerprint density at radius 2 is 1.87 bits per heavy atom. The third-order valence-corrected chi connectivity index (χ3v) is 5.28. The number of hydrogen-bond acceptors (Lipinski definition) is 6. The van der Waals surface area contributed by atoms with Gasteiger partial charge in [0.25, 0.3) is 5.69 Å². The van der Waals surface area contributed by atoms with Gasteiger partial charge in [0.1, 0.15) is 12.4 Å². The number of nitro benzene ring substituents is 1. The molecule has 0 N–H and O–H groups in total. The zero-order valence-electron chi connectivity index (χ0n) is 16.8. The standard InChI is InChI=1S/C21H23ClN2O6/c1-28-19-11-14-8-10-23(21(25)7-9-22)18(17(14)12-20(19)29-2)13-30-16-5-3-15(4-6-16)24(26)27/h3-6,11-12,18H,7-10,13H2,1-2H3. The van der Waals surface area contributed by atoms with E-state index in [1.807, 2.05) is 12.1 Å². The summed E-state index contributed by atoms with van der Waals surface area (Å²) < 4.78 is 16.7. The van der Waals surface area contributed by atoms with Gasteiger partial charge in [0, 0.05) is 31.0 Å².